The molecule has 1 aromatic carbocycles. The van der Waals surface area contributed by atoms with E-state index in [1.807, 2.05) is 65.1 Å². The van der Waals surface area contributed by atoms with Crippen LogP contribution in [0, 0.1) is 11.3 Å². The second-order valence-electron chi connectivity index (χ2n) is 9.91. The number of nitrogens with one attached hydrogen (secondary N) is 1. The van der Waals surface area contributed by atoms with Gasteiger partial charge >= 0.3 is 0 Å². The van der Waals surface area contributed by atoms with Crippen molar-refractivity contribution < 1.29 is 9.53 Å². The molecule has 1 amide bonds. The number of hydrogen-bond donors (Lipinski definition) is 1. The normalized spacial score (nSPS) is 18.6. The van der Waals surface area contributed by atoms with Gasteiger partial charge in [0.1, 0.15) is 5.75 Å². The maximum absolute atomic E-state index is 12.8. The van der Waals surface area contributed by atoms with Gasteiger partial charge in [-0.3, -0.25) is 14.7 Å². The lowest BCUT2D eigenvalue weighted by molar-refractivity contribution is -0.130. The number of rotatable bonds is 7. The van der Waals surface area contributed by atoms with Crippen LogP contribution in [-0.2, 0) is 11.3 Å². The van der Waals surface area contributed by atoms with Gasteiger partial charge < -0.3 is 10.1 Å². The molecule has 168 valence electrons. The average molecular weight is 424 g/mol. The molecule has 3 rings (SSSR count). The summed E-state index contributed by atoms with van der Waals surface area (Å²) >= 11 is 0. The Kier molecular flexibility index (Phi) is 7.71. The molecule has 5 nitrogen and oxygen atoms in total. The smallest absolute Gasteiger partial charge is 0.225 e. The third kappa shape index (κ3) is 6.79. The van der Waals surface area contributed by atoms with Crippen LogP contribution in [0.2, 0.25) is 0 Å². The molecule has 0 spiro atoms. The lowest BCUT2D eigenvalue weighted by Crippen LogP contribution is -2.45. The van der Waals surface area contributed by atoms with E-state index in [-0.39, 0.29) is 18.1 Å². The molecule has 1 N–H and O–H groups in total. The average Bonchev–Trinajstić information content (AvgIpc) is 2.71. The van der Waals surface area contributed by atoms with E-state index in [1.54, 1.807) is 0 Å². The zero-order valence-corrected chi connectivity index (χ0v) is 19.6. The fraction of sp³-hybridized carbons (Fsp3) is 0.538. The van der Waals surface area contributed by atoms with Crippen molar-refractivity contribution >= 4 is 5.91 Å². The van der Waals surface area contributed by atoms with Crippen LogP contribution in [0.3, 0.4) is 0 Å². The molecule has 31 heavy (non-hydrogen) atoms. The Balaban J connectivity index is 1.73. The van der Waals surface area contributed by atoms with Crippen molar-refractivity contribution in [3.63, 3.8) is 0 Å². The maximum Gasteiger partial charge on any atom is 0.225 e. The van der Waals surface area contributed by atoms with E-state index in [1.165, 1.54) is 5.56 Å². The highest BCUT2D eigenvalue weighted by molar-refractivity contribution is 5.81. The third-order valence-corrected chi connectivity index (χ3v) is 5.66. The van der Waals surface area contributed by atoms with Gasteiger partial charge in [0.25, 0.3) is 0 Å². The summed E-state index contributed by atoms with van der Waals surface area (Å²) in [7, 11) is 0. The summed E-state index contributed by atoms with van der Waals surface area (Å²) in [4.78, 5) is 19.9. The summed E-state index contributed by atoms with van der Waals surface area (Å²) in [6.45, 7) is 12.8. The van der Waals surface area contributed by atoms with Crippen LogP contribution in [0.5, 0.6) is 5.75 Å². The van der Waals surface area contributed by atoms with Gasteiger partial charge in [0, 0.05) is 24.7 Å². The molecule has 0 unspecified atom stereocenters. The fourth-order valence-corrected chi connectivity index (χ4v) is 4.11. The quantitative estimate of drug-likeness (QED) is 0.682. The molecule has 2 heterocycles. The van der Waals surface area contributed by atoms with Crippen molar-refractivity contribution in [1.82, 2.24) is 15.2 Å². The Morgan fingerprint density at radius 2 is 2.03 bits per heavy atom. The minimum atomic E-state index is -0.432. The number of likely N-dealkylation sites (tertiary alicyclic amines) is 1. The van der Waals surface area contributed by atoms with Crippen molar-refractivity contribution in [2.24, 2.45) is 11.3 Å². The number of hydrogen-bond acceptors (Lipinski definition) is 4. The summed E-state index contributed by atoms with van der Waals surface area (Å²) in [6.07, 6.45) is 4.17. The van der Waals surface area contributed by atoms with Gasteiger partial charge in [-0.25, -0.2) is 0 Å². The molecule has 1 fully saturated rings. The van der Waals surface area contributed by atoms with Crippen molar-refractivity contribution in [2.75, 3.05) is 13.1 Å². The summed E-state index contributed by atoms with van der Waals surface area (Å²) in [5, 5.41) is 3.31. The predicted molar refractivity (Wildman–Crippen MR) is 125 cm³/mol. The summed E-state index contributed by atoms with van der Waals surface area (Å²) in [5.41, 5.74) is 1.77. The number of carbonyl (C=O) groups excluding carboxylic acids is 1. The Hall–Kier alpha value is -2.40. The molecule has 0 saturated carbocycles. The molecule has 0 aliphatic carbocycles. The number of ether oxygens (including phenoxy) is 1. The molecule has 5 heteroatoms. The van der Waals surface area contributed by atoms with E-state index in [0.717, 1.165) is 43.9 Å². The zero-order chi connectivity index (χ0) is 22.4. The maximum atomic E-state index is 12.8. The lowest BCUT2D eigenvalue weighted by Gasteiger charge is -2.38. The molecule has 1 aromatic heterocycles. The molecule has 0 bridgehead atoms. The number of pyridine rings is 1. The number of benzene rings is 1. The first-order chi connectivity index (χ1) is 14.7. The van der Waals surface area contributed by atoms with Gasteiger partial charge in [-0.1, -0.05) is 39.0 Å². The van der Waals surface area contributed by atoms with Crippen molar-refractivity contribution in [3.05, 3.63) is 59.9 Å². The van der Waals surface area contributed by atoms with Crippen LogP contribution in [0.15, 0.2) is 48.7 Å². The highest BCUT2D eigenvalue weighted by Crippen LogP contribution is 2.31. The van der Waals surface area contributed by atoms with Crippen molar-refractivity contribution in [3.8, 4) is 5.75 Å². The molecule has 1 saturated heterocycles. The first-order valence-corrected chi connectivity index (χ1v) is 11.4. The van der Waals surface area contributed by atoms with E-state index < -0.39 is 5.41 Å². The summed E-state index contributed by atoms with van der Waals surface area (Å²) < 4.78 is 5.86. The Morgan fingerprint density at radius 3 is 2.71 bits per heavy atom. The van der Waals surface area contributed by atoms with Gasteiger partial charge in [0.2, 0.25) is 5.91 Å². The lowest BCUT2D eigenvalue weighted by atomic mass is 9.86. The second-order valence-corrected chi connectivity index (χ2v) is 9.91. The number of nitrogens with zero attached hydrogens (tertiary/aromatic N) is 2. The van der Waals surface area contributed by atoms with Gasteiger partial charge in [0.15, 0.2) is 0 Å². The Morgan fingerprint density at radius 1 is 1.23 bits per heavy atom. The number of aromatic nitrogens is 1. The van der Waals surface area contributed by atoms with Crippen LogP contribution in [-0.4, -0.2) is 35.0 Å². The Labute approximate surface area is 187 Å². The zero-order valence-electron chi connectivity index (χ0n) is 19.6. The molecule has 1 aliphatic heterocycles. The highest BCUT2D eigenvalue weighted by Gasteiger charge is 2.33. The van der Waals surface area contributed by atoms with Crippen molar-refractivity contribution in [2.45, 2.75) is 66.2 Å². The SMILES string of the molecule is CC(C)Oc1cccc(CN2CCC[C@@H]([C@@H](NC(=O)C(C)(C)C)c3ccccn3)C2)c1. The monoisotopic (exact) mass is 423 g/mol. The standard InChI is InChI=1S/C26H37N3O2/c1-19(2)31-22-12-8-10-20(16-22)17-29-15-9-11-21(18-29)24(23-13-6-7-14-27-23)28-25(30)26(3,4)5/h6-8,10,12-14,16,19,21,24H,9,11,15,17-18H2,1-5H3,(H,28,30)/t21-,24-/m1/s1. The van der Waals surface area contributed by atoms with Crippen molar-refractivity contribution in [1.29, 1.82) is 0 Å². The number of piperidine rings is 1. The molecular weight excluding hydrogens is 386 g/mol. The molecule has 2 aromatic rings. The van der Waals surface area contributed by atoms with E-state index in [9.17, 15) is 4.79 Å². The van der Waals surface area contributed by atoms with Crippen LogP contribution in [0.1, 0.15) is 64.8 Å². The van der Waals surface area contributed by atoms with Crippen LogP contribution >= 0.6 is 0 Å². The predicted octanol–water partition coefficient (Wildman–Crippen LogP) is 4.98. The van der Waals surface area contributed by atoms with Gasteiger partial charge in [-0.15, -0.1) is 0 Å². The molecular formula is C26H37N3O2. The molecule has 2 atom stereocenters. The van der Waals surface area contributed by atoms with Gasteiger partial charge in [-0.05, 0) is 69.0 Å². The van der Waals surface area contributed by atoms with E-state index in [4.69, 9.17) is 4.74 Å². The number of carbonyl (C=O) groups is 1. The topological polar surface area (TPSA) is 54.5 Å². The van der Waals surface area contributed by atoms with E-state index in [2.05, 4.69) is 33.4 Å². The highest BCUT2D eigenvalue weighted by atomic mass is 16.5. The number of amides is 1. The fourth-order valence-electron chi connectivity index (χ4n) is 4.11. The second kappa shape index (κ2) is 10.3. The van der Waals surface area contributed by atoms with E-state index >= 15 is 0 Å². The molecule has 0 radical (unpaired) electrons. The minimum Gasteiger partial charge on any atom is -0.491 e. The first-order valence-electron chi connectivity index (χ1n) is 11.4. The first kappa shape index (κ1) is 23.3. The van der Waals surface area contributed by atoms with Crippen LogP contribution in [0.4, 0.5) is 0 Å². The Bertz CT molecular complexity index is 845. The van der Waals surface area contributed by atoms with Crippen LogP contribution in [0.25, 0.3) is 0 Å². The largest absolute Gasteiger partial charge is 0.491 e. The minimum absolute atomic E-state index is 0.0683. The van der Waals surface area contributed by atoms with Crippen LogP contribution < -0.4 is 10.1 Å². The summed E-state index contributed by atoms with van der Waals surface area (Å²) in [5.74, 6) is 1.31. The molecule has 1 aliphatic rings. The third-order valence-electron chi connectivity index (χ3n) is 5.66. The van der Waals surface area contributed by atoms with Gasteiger partial charge in [-0.2, -0.15) is 0 Å². The summed E-state index contributed by atoms with van der Waals surface area (Å²) in [6, 6.07) is 14.3. The van der Waals surface area contributed by atoms with E-state index in [0.29, 0.717) is 5.92 Å². The van der Waals surface area contributed by atoms with Gasteiger partial charge in [0.05, 0.1) is 17.8 Å².